The molecule has 13 heavy (non-hydrogen) atoms. The Morgan fingerprint density at radius 2 is 2.38 bits per heavy atom. The molecule has 0 fully saturated rings. The Morgan fingerprint density at radius 3 is 3.08 bits per heavy atom. The molecule has 0 atom stereocenters. The molecule has 2 aromatic rings. The second-order valence-corrected chi connectivity index (χ2v) is 3.38. The summed E-state index contributed by atoms with van der Waals surface area (Å²) in [7, 11) is 1.76. The first-order valence-electron chi connectivity index (χ1n) is 3.68. The number of fused-ring (bicyclic) bond motifs is 1. The molecule has 0 saturated carbocycles. The van der Waals surface area contributed by atoms with Crippen LogP contribution in [0.2, 0.25) is 0 Å². The van der Waals surface area contributed by atoms with Crippen LogP contribution in [0, 0.1) is 0 Å². The van der Waals surface area contributed by atoms with Gasteiger partial charge in [0.25, 0.3) is 5.56 Å². The van der Waals surface area contributed by atoms with Gasteiger partial charge in [-0.25, -0.2) is 4.98 Å². The van der Waals surface area contributed by atoms with Crippen molar-refractivity contribution in [1.29, 1.82) is 0 Å². The number of rotatable bonds is 1. The number of hydrogen-bond acceptors (Lipinski definition) is 4. The minimum atomic E-state index is -0.137. The Kier molecular flexibility index (Phi) is 1.84. The van der Waals surface area contributed by atoms with E-state index in [-0.39, 0.29) is 5.56 Å². The number of aryl methyl sites for hydroxylation is 1. The lowest BCUT2D eigenvalue weighted by Crippen LogP contribution is -2.08. The second-order valence-electron chi connectivity index (χ2n) is 2.58. The van der Waals surface area contributed by atoms with Crippen molar-refractivity contribution in [3.05, 3.63) is 16.6 Å². The van der Waals surface area contributed by atoms with Crippen molar-refractivity contribution in [3.63, 3.8) is 0 Å². The highest BCUT2D eigenvalue weighted by atomic mass is 32.2. The number of nitrogens with zero attached hydrogens (tertiary/aromatic N) is 3. The molecule has 0 aliphatic rings. The van der Waals surface area contributed by atoms with Crippen LogP contribution in [0.4, 0.5) is 0 Å². The summed E-state index contributed by atoms with van der Waals surface area (Å²) in [5.74, 6) is 0. The molecule has 1 N–H and O–H groups in total. The maximum atomic E-state index is 11.4. The van der Waals surface area contributed by atoms with Crippen LogP contribution in [-0.2, 0) is 7.05 Å². The van der Waals surface area contributed by atoms with Crippen molar-refractivity contribution < 1.29 is 0 Å². The van der Waals surface area contributed by atoms with E-state index in [9.17, 15) is 4.79 Å². The predicted octanol–water partition coefficient (Wildman–Crippen LogP) is 0.378. The molecule has 0 amide bonds. The van der Waals surface area contributed by atoms with E-state index < -0.39 is 0 Å². The quantitative estimate of drug-likeness (QED) is 0.529. The van der Waals surface area contributed by atoms with E-state index in [0.29, 0.717) is 16.2 Å². The van der Waals surface area contributed by atoms with Crippen molar-refractivity contribution >= 4 is 22.8 Å². The zero-order valence-corrected chi connectivity index (χ0v) is 8.05. The van der Waals surface area contributed by atoms with Gasteiger partial charge in [0.15, 0.2) is 10.8 Å². The topological polar surface area (TPSA) is 63.6 Å². The van der Waals surface area contributed by atoms with Gasteiger partial charge in [-0.15, -0.1) is 0 Å². The molecule has 0 aromatic carbocycles. The van der Waals surface area contributed by atoms with E-state index in [0.717, 1.165) is 0 Å². The Labute approximate surface area is 78.2 Å². The second kappa shape index (κ2) is 2.88. The number of hydrogen-bond donors (Lipinski definition) is 1. The van der Waals surface area contributed by atoms with Gasteiger partial charge in [-0.05, 0) is 6.26 Å². The Morgan fingerprint density at radius 1 is 1.62 bits per heavy atom. The molecule has 2 rings (SSSR count). The summed E-state index contributed by atoms with van der Waals surface area (Å²) in [6.45, 7) is 0. The van der Waals surface area contributed by atoms with Gasteiger partial charge in [0.05, 0.1) is 6.20 Å². The molecule has 0 bridgehead atoms. The van der Waals surface area contributed by atoms with Crippen LogP contribution in [0.25, 0.3) is 11.0 Å². The number of nitrogens with one attached hydrogen (secondary N) is 1. The molecule has 0 unspecified atom stereocenters. The van der Waals surface area contributed by atoms with Gasteiger partial charge < -0.3 is 4.98 Å². The molecule has 5 nitrogen and oxygen atoms in total. The average Bonchev–Trinajstić information content (AvgIpc) is 2.48. The Bertz CT molecular complexity index is 501. The van der Waals surface area contributed by atoms with Crippen molar-refractivity contribution in [2.45, 2.75) is 5.16 Å². The van der Waals surface area contributed by atoms with Crippen LogP contribution in [0.5, 0.6) is 0 Å². The van der Waals surface area contributed by atoms with E-state index in [2.05, 4.69) is 15.1 Å². The molecular formula is C7H8N4OS. The third-order valence-electron chi connectivity index (χ3n) is 1.77. The fraction of sp³-hybridized carbons (Fsp3) is 0.286. The SMILES string of the molecule is CSc1nc2c(cnn2C)c(=O)[nH]1. The molecule has 0 spiro atoms. The summed E-state index contributed by atoms with van der Waals surface area (Å²) in [6.07, 6.45) is 3.38. The first-order chi connectivity index (χ1) is 6.22. The molecular weight excluding hydrogens is 188 g/mol. The molecule has 2 heterocycles. The number of H-pyrrole nitrogens is 1. The van der Waals surface area contributed by atoms with Crippen LogP contribution in [0.1, 0.15) is 0 Å². The van der Waals surface area contributed by atoms with E-state index >= 15 is 0 Å². The highest BCUT2D eigenvalue weighted by molar-refractivity contribution is 7.98. The van der Waals surface area contributed by atoms with Crippen LogP contribution in [0.3, 0.4) is 0 Å². The molecule has 68 valence electrons. The fourth-order valence-electron chi connectivity index (χ4n) is 1.11. The van der Waals surface area contributed by atoms with Crippen molar-refractivity contribution in [2.75, 3.05) is 6.26 Å². The molecule has 0 radical (unpaired) electrons. The van der Waals surface area contributed by atoms with Gasteiger partial charge in [0.1, 0.15) is 5.39 Å². The van der Waals surface area contributed by atoms with Crippen molar-refractivity contribution in [1.82, 2.24) is 19.7 Å². The smallest absolute Gasteiger partial charge is 0.262 e. The largest absolute Gasteiger partial charge is 0.301 e. The highest BCUT2D eigenvalue weighted by Crippen LogP contribution is 2.10. The van der Waals surface area contributed by atoms with Crippen LogP contribution in [0.15, 0.2) is 16.1 Å². The molecule has 6 heteroatoms. The zero-order chi connectivity index (χ0) is 9.42. The normalized spacial score (nSPS) is 10.9. The van der Waals surface area contributed by atoms with E-state index in [4.69, 9.17) is 0 Å². The van der Waals surface area contributed by atoms with Crippen LogP contribution >= 0.6 is 11.8 Å². The van der Waals surface area contributed by atoms with Gasteiger partial charge in [-0.1, -0.05) is 11.8 Å². The van der Waals surface area contributed by atoms with Gasteiger partial charge in [-0.3, -0.25) is 9.48 Å². The summed E-state index contributed by atoms with van der Waals surface area (Å²) in [6, 6.07) is 0. The highest BCUT2D eigenvalue weighted by Gasteiger charge is 2.06. The lowest BCUT2D eigenvalue weighted by molar-refractivity contribution is 0.776. The standard InChI is InChI=1S/C7H8N4OS/c1-11-5-4(3-8-11)6(12)10-7(9-5)13-2/h3H,1-2H3,(H,9,10,12). The predicted molar refractivity (Wildman–Crippen MR) is 50.9 cm³/mol. The zero-order valence-electron chi connectivity index (χ0n) is 7.24. The van der Waals surface area contributed by atoms with E-state index in [1.54, 1.807) is 11.7 Å². The first-order valence-corrected chi connectivity index (χ1v) is 4.91. The minimum Gasteiger partial charge on any atom is -0.301 e. The molecule has 0 saturated heterocycles. The third-order valence-corrected chi connectivity index (χ3v) is 2.35. The first kappa shape index (κ1) is 8.31. The summed E-state index contributed by atoms with van der Waals surface area (Å²) >= 11 is 1.40. The van der Waals surface area contributed by atoms with Crippen LogP contribution < -0.4 is 5.56 Å². The number of aromatic amines is 1. The van der Waals surface area contributed by atoms with Gasteiger partial charge >= 0.3 is 0 Å². The molecule has 0 aliphatic heterocycles. The lowest BCUT2D eigenvalue weighted by atomic mass is 10.4. The molecule has 2 aromatic heterocycles. The van der Waals surface area contributed by atoms with Crippen molar-refractivity contribution in [3.8, 4) is 0 Å². The molecule has 0 aliphatic carbocycles. The minimum absolute atomic E-state index is 0.137. The lowest BCUT2D eigenvalue weighted by Gasteiger charge is -1.96. The average molecular weight is 196 g/mol. The maximum absolute atomic E-state index is 11.4. The van der Waals surface area contributed by atoms with E-state index in [1.807, 2.05) is 6.26 Å². The summed E-state index contributed by atoms with van der Waals surface area (Å²) < 4.78 is 1.59. The van der Waals surface area contributed by atoms with Crippen molar-refractivity contribution in [2.24, 2.45) is 7.05 Å². The van der Waals surface area contributed by atoms with Gasteiger partial charge in [0, 0.05) is 7.05 Å². The maximum Gasteiger partial charge on any atom is 0.262 e. The fourth-order valence-corrected chi connectivity index (χ4v) is 1.48. The number of aromatic nitrogens is 4. The third kappa shape index (κ3) is 1.23. The van der Waals surface area contributed by atoms with Gasteiger partial charge in [0.2, 0.25) is 0 Å². The number of thioether (sulfide) groups is 1. The van der Waals surface area contributed by atoms with Gasteiger partial charge in [-0.2, -0.15) is 5.10 Å². The summed E-state index contributed by atoms with van der Waals surface area (Å²) in [5.41, 5.74) is 0.482. The Hall–Kier alpha value is -1.30. The summed E-state index contributed by atoms with van der Waals surface area (Å²) in [4.78, 5) is 18.3. The monoisotopic (exact) mass is 196 g/mol. The van der Waals surface area contributed by atoms with E-state index in [1.165, 1.54) is 18.0 Å². The van der Waals surface area contributed by atoms with Crippen LogP contribution in [-0.4, -0.2) is 26.0 Å². The summed E-state index contributed by atoms with van der Waals surface area (Å²) in [5, 5.41) is 5.10. The Balaban J connectivity index is 2.88.